The van der Waals surface area contributed by atoms with Gasteiger partial charge >= 0.3 is 0 Å². The van der Waals surface area contributed by atoms with Crippen LogP contribution in [-0.4, -0.2) is 14.7 Å². The number of hydrogen-bond acceptors (Lipinski definition) is 4. The Labute approximate surface area is 97.1 Å². The van der Waals surface area contributed by atoms with E-state index in [0.29, 0.717) is 6.61 Å². The Kier molecular flexibility index (Phi) is 2.51. The molecule has 16 heavy (non-hydrogen) atoms. The second kappa shape index (κ2) is 4.01. The standard InChI is InChI=1S/C11H12N2O2S/c14-5-8-9-6-15-10(4-13(9)7-12-8)11-2-1-3-16-11/h1-3,7,10,14H,4-6H2/t10-/m0/s1. The highest BCUT2D eigenvalue weighted by Crippen LogP contribution is 2.30. The third kappa shape index (κ3) is 1.57. The zero-order chi connectivity index (χ0) is 11.0. The van der Waals surface area contributed by atoms with Crippen LogP contribution in [0.1, 0.15) is 22.4 Å². The van der Waals surface area contributed by atoms with Gasteiger partial charge in [0.15, 0.2) is 0 Å². The molecule has 4 nitrogen and oxygen atoms in total. The van der Waals surface area contributed by atoms with E-state index in [1.54, 1.807) is 17.7 Å². The fraction of sp³-hybridized carbons (Fsp3) is 0.364. The Hall–Kier alpha value is -1.17. The lowest BCUT2D eigenvalue weighted by Gasteiger charge is -2.24. The van der Waals surface area contributed by atoms with Gasteiger partial charge in [0.1, 0.15) is 6.10 Å². The van der Waals surface area contributed by atoms with Gasteiger partial charge in [0, 0.05) is 4.88 Å². The topological polar surface area (TPSA) is 47.3 Å². The van der Waals surface area contributed by atoms with Gasteiger partial charge in [-0.25, -0.2) is 4.98 Å². The van der Waals surface area contributed by atoms with E-state index in [9.17, 15) is 0 Å². The number of hydrogen-bond donors (Lipinski definition) is 1. The maximum absolute atomic E-state index is 9.10. The normalized spacial score (nSPS) is 19.7. The molecule has 2 aromatic heterocycles. The van der Waals surface area contributed by atoms with E-state index in [2.05, 4.69) is 21.0 Å². The molecule has 0 saturated carbocycles. The minimum Gasteiger partial charge on any atom is -0.390 e. The molecule has 1 N–H and O–H groups in total. The molecule has 0 spiro atoms. The largest absolute Gasteiger partial charge is 0.390 e. The predicted molar refractivity (Wildman–Crippen MR) is 60.0 cm³/mol. The van der Waals surface area contributed by atoms with Crippen molar-refractivity contribution in [1.82, 2.24) is 9.55 Å². The van der Waals surface area contributed by atoms with Gasteiger partial charge < -0.3 is 14.4 Å². The van der Waals surface area contributed by atoms with Crippen molar-refractivity contribution in [1.29, 1.82) is 0 Å². The Bertz CT molecular complexity index is 478. The molecule has 84 valence electrons. The van der Waals surface area contributed by atoms with Crippen LogP contribution in [0, 0.1) is 0 Å². The highest BCUT2D eigenvalue weighted by Gasteiger charge is 2.23. The zero-order valence-electron chi connectivity index (χ0n) is 8.67. The number of aliphatic hydroxyl groups is 1. The third-order valence-corrected chi connectivity index (χ3v) is 3.79. The molecule has 1 aliphatic heterocycles. The number of aromatic nitrogens is 2. The van der Waals surface area contributed by atoms with Crippen molar-refractivity contribution in [3.05, 3.63) is 40.1 Å². The molecule has 2 aromatic rings. The van der Waals surface area contributed by atoms with E-state index in [0.717, 1.165) is 17.9 Å². The van der Waals surface area contributed by atoms with Crippen molar-refractivity contribution < 1.29 is 9.84 Å². The molecule has 0 amide bonds. The summed E-state index contributed by atoms with van der Waals surface area (Å²) in [6, 6.07) is 4.12. The fourth-order valence-corrected chi connectivity index (χ4v) is 2.73. The molecule has 0 unspecified atom stereocenters. The average Bonchev–Trinajstić information content (AvgIpc) is 2.97. The number of fused-ring (bicyclic) bond motifs is 1. The molecule has 0 bridgehead atoms. The Morgan fingerprint density at radius 1 is 1.62 bits per heavy atom. The summed E-state index contributed by atoms with van der Waals surface area (Å²) in [4.78, 5) is 5.41. The molecule has 3 rings (SSSR count). The highest BCUT2D eigenvalue weighted by atomic mass is 32.1. The van der Waals surface area contributed by atoms with Gasteiger partial charge in [0.25, 0.3) is 0 Å². The van der Waals surface area contributed by atoms with Crippen molar-refractivity contribution in [3.8, 4) is 0 Å². The Morgan fingerprint density at radius 2 is 2.56 bits per heavy atom. The second-order valence-electron chi connectivity index (χ2n) is 3.76. The summed E-state index contributed by atoms with van der Waals surface area (Å²) in [5.41, 5.74) is 1.72. The van der Waals surface area contributed by atoms with Crippen LogP contribution in [0.3, 0.4) is 0 Å². The molecule has 3 heterocycles. The van der Waals surface area contributed by atoms with Gasteiger partial charge in [-0.2, -0.15) is 0 Å². The molecular weight excluding hydrogens is 224 g/mol. The van der Waals surface area contributed by atoms with Crippen LogP contribution in [0.4, 0.5) is 0 Å². The molecule has 0 aromatic carbocycles. The van der Waals surface area contributed by atoms with E-state index < -0.39 is 0 Å². The van der Waals surface area contributed by atoms with E-state index in [1.165, 1.54) is 4.88 Å². The summed E-state index contributed by atoms with van der Waals surface area (Å²) in [6.45, 7) is 1.29. The lowest BCUT2D eigenvalue weighted by molar-refractivity contribution is 0.00417. The van der Waals surface area contributed by atoms with Gasteiger partial charge in [-0.05, 0) is 11.4 Å². The number of imidazole rings is 1. The molecule has 5 heteroatoms. The second-order valence-corrected chi connectivity index (χ2v) is 4.74. The van der Waals surface area contributed by atoms with Gasteiger partial charge in [0.2, 0.25) is 0 Å². The molecule has 0 fully saturated rings. The van der Waals surface area contributed by atoms with Crippen molar-refractivity contribution in [3.63, 3.8) is 0 Å². The minimum absolute atomic E-state index is 0.0185. The first-order valence-corrected chi connectivity index (χ1v) is 6.05. The lowest BCUT2D eigenvalue weighted by Crippen LogP contribution is -2.20. The summed E-state index contributed by atoms with van der Waals surface area (Å²) in [5, 5.41) is 11.2. The average molecular weight is 236 g/mol. The molecular formula is C11H12N2O2S. The van der Waals surface area contributed by atoms with Gasteiger partial charge in [-0.15, -0.1) is 11.3 Å². The molecule has 0 saturated heterocycles. The van der Waals surface area contributed by atoms with Crippen LogP contribution < -0.4 is 0 Å². The molecule has 0 aliphatic carbocycles. The van der Waals surface area contributed by atoms with Gasteiger partial charge in [0.05, 0.1) is 37.5 Å². The molecule has 1 aliphatic rings. The highest BCUT2D eigenvalue weighted by molar-refractivity contribution is 7.10. The van der Waals surface area contributed by atoms with Crippen molar-refractivity contribution in [2.45, 2.75) is 25.9 Å². The van der Waals surface area contributed by atoms with E-state index in [-0.39, 0.29) is 12.7 Å². The van der Waals surface area contributed by atoms with E-state index in [1.807, 2.05) is 6.07 Å². The van der Waals surface area contributed by atoms with Crippen molar-refractivity contribution >= 4 is 11.3 Å². The maximum Gasteiger partial charge on any atom is 0.110 e. The van der Waals surface area contributed by atoms with Crippen LogP contribution in [0.5, 0.6) is 0 Å². The van der Waals surface area contributed by atoms with Crippen LogP contribution in [0.15, 0.2) is 23.8 Å². The number of rotatable bonds is 2. The molecule has 1 atom stereocenters. The SMILES string of the molecule is OCc1ncn2c1CO[C@H](c1cccs1)C2. The summed E-state index contributed by atoms with van der Waals surface area (Å²) in [6.07, 6.45) is 1.90. The van der Waals surface area contributed by atoms with E-state index in [4.69, 9.17) is 9.84 Å². The maximum atomic E-state index is 9.10. The quantitative estimate of drug-likeness (QED) is 0.863. The summed E-state index contributed by atoms with van der Waals surface area (Å²) in [7, 11) is 0. The number of thiophene rings is 1. The Balaban J connectivity index is 1.87. The van der Waals surface area contributed by atoms with Crippen LogP contribution >= 0.6 is 11.3 Å². The van der Waals surface area contributed by atoms with Crippen LogP contribution in [-0.2, 0) is 24.5 Å². The van der Waals surface area contributed by atoms with Crippen LogP contribution in [0.25, 0.3) is 0 Å². The summed E-state index contributed by atoms with van der Waals surface area (Å²) >= 11 is 1.71. The summed E-state index contributed by atoms with van der Waals surface area (Å²) in [5.74, 6) is 0. The minimum atomic E-state index is -0.0185. The lowest BCUT2D eigenvalue weighted by atomic mass is 10.2. The fourth-order valence-electron chi connectivity index (χ4n) is 1.96. The van der Waals surface area contributed by atoms with Crippen molar-refractivity contribution in [2.75, 3.05) is 0 Å². The van der Waals surface area contributed by atoms with Crippen LogP contribution in [0.2, 0.25) is 0 Å². The monoisotopic (exact) mass is 236 g/mol. The Morgan fingerprint density at radius 3 is 3.31 bits per heavy atom. The first kappa shape index (κ1) is 10.0. The molecule has 0 radical (unpaired) electrons. The number of ether oxygens (including phenoxy) is 1. The zero-order valence-corrected chi connectivity index (χ0v) is 9.48. The first-order chi connectivity index (χ1) is 7.88. The first-order valence-electron chi connectivity index (χ1n) is 5.17. The number of nitrogens with zero attached hydrogens (tertiary/aromatic N) is 2. The predicted octanol–water partition coefficient (Wildman–Crippen LogP) is 1.71. The third-order valence-electron chi connectivity index (χ3n) is 2.83. The smallest absolute Gasteiger partial charge is 0.110 e. The van der Waals surface area contributed by atoms with E-state index >= 15 is 0 Å². The van der Waals surface area contributed by atoms with Gasteiger partial charge in [-0.3, -0.25) is 0 Å². The summed E-state index contributed by atoms with van der Waals surface area (Å²) < 4.78 is 7.86. The van der Waals surface area contributed by atoms with Crippen molar-refractivity contribution in [2.24, 2.45) is 0 Å². The van der Waals surface area contributed by atoms with Gasteiger partial charge in [-0.1, -0.05) is 6.07 Å². The number of aliphatic hydroxyl groups excluding tert-OH is 1.